The summed E-state index contributed by atoms with van der Waals surface area (Å²) in [5.74, 6) is -3.10. The Bertz CT molecular complexity index is 1020. The molecular weight excluding hydrogens is 596 g/mol. The van der Waals surface area contributed by atoms with E-state index in [9.17, 15) is 36.0 Å². The summed E-state index contributed by atoms with van der Waals surface area (Å²) >= 11 is 0. The maximum atomic E-state index is 12.4. The maximum Gasteiger partial charge on any atom is 0.325 e. The molecule has 0 unspecified atom stereocenters. The molecule has 0 radical (unpaired) electrons. The molecular formula is C26H48N2O12S2. The van der Waals surface area contributed by atoms with E-state index < -0.39 is 55.3 Å². The second-order valence-corrected chi connectivity index (χ2v) is 15.5. The molecule has 42 heavy (non-hydrogen) atoms. The van der Waals surface area contributed by atoms with Crippen LogP contribution in [0.25, 0.3) is 0 Å². The summed E-state index contributed by atoms with van der Waals surface area (Å²) in [5.41, 5.74) is -1.69. The molecule has 0 saturated carbocycles. The lowest BCUT2D eigenvalue weighted by molar-refractivity contribution is -0.158. The Kier molecular flexibility index (Phi) is 17.1. The summed E-state index contributed by atoms with van der Waals surface area (Å²) in [6, 6.07) is -2.64. The number of carbonyl (C=O) groups excluding carboxylic acids is 4. The second kappa shape index (κ2) is 18.0. The Morgan fingerprint density at radius 1 is 0.595 bits per heavy atom. The lowest BCUT2D eigenvalue weighted by atomic mass is 10.1. The van der Waals surface area contributed by atoms with E-state index in [0.717, 1.165) is 0 Å². The zero-order valence-corrected chi connectivity index (χ0v) is 27.6. The SMILES string of the molecule is CC(=O)C[C@H](NS(=O)(=O)CCCOCCOCCCS(=O)(=O)N[C@@H](CC(C)=O)C(=O)OC(C)(C)C)C(=O)OC(C)(C)C. The molecule has 0 spiro atoms. The number of nitrogens with one attached hydrogen (secondary N) is 2. The van der Waals surface area contributed by atoms with Gasteiger partial charge in [-0.1, -0.05) is 0 Å². The smallest absolute Gasteiger partial charge is 0.325 e. The molecule has 0 bridgehead atoms. The van der Waals surface area contributed by atoms with E-state index in [-0.39, 0.29) is 75.2 Å². The van der Waals surface area contributed by atoms with Crippen molar-refractivity contribution in [1.29, 1.82) is 0 Å². The van der Waals surface area contributed by atoms with Gasteiger partial charge in [-0.05, 0) is 68.2 Å². The molecule has 16 heteroatoms. The molecule has 0 aliphatic heterocycles. The zero-order valence-electron chi connectivity index (χ0n) is 25.9. The normalized spacial score (nSPS) is 14.2. The molecule has 14 nitrogen and oxygen atoms in total. The van der Waals surface area contributed by atoms with Crippen molar-refractivity contribution >= 4 is 43.6 Å². The highest BCUT2D eigenvalue weighted by molar-refractivity contribution is 7.89. The van der Waals surface area contributed by atoms with E-state index >= 15 is 0 Å². The lowest BCUT2D eigenvalue weighted by Crippen LogP contribution is -2.45. The molecule has 0 amide bonds. The van der Waals surface area contributed by atoms with E-state index in [1.165, 1.54) is 13.8 Å². The first-order chi connectivity index (χ1) is 19.0. The molecule has 2 atom stereocenters. The number of esters is 2. The number of ketones is 2. The number of ether oxygens (including phenoxy) is 4. The van der Waals surface area contributed by atoms with Gasteiger partial charge in [-0.15, -0.1) is 0 Å². The van der Waals surface area contributed by atoms with Crippen molar-refractivity contribution in [3.63, 3.8) is 0 Å². The van der Waals surface area contributed by atoms with Crippen LogP contribution < -0.4 is 9.44 Å². The van der Waals surface area contributed by atoms with Crippen molar-refractivity contribution in [2.45, 2.75) is 104 Å². The van der Waals surface area contributed by atoms with Crippen LogP contribution in [0.15, 0.2) is 0 Å². The van der Waals surface area contributed by atoms with Crippen LogP contribution in [0.4, 0.5) is 0 Å². The van der Waals surface area contributed by atoms with Gasteiger partial charge in [0.15, 0.2) is 0 Å². The molecule has 0 heterocycles. The molecule has 2 N–H and O–H groups in total. The van der Waals surface area contributed by atoms with Crippen LogP contribution in [0.3, 0.4) is 0 Å². The van der Waals surface area contributed by atoms with Crippen LogP contribution in [0, 0.1) is 0 Å². The molecule has 0 aliphatic rings. The van der Waals surface area contributed by atoms with Gasteiger partial charge < -0.3 is 18.9 Å². The lowest BCUT2D eigenvalue weighted by Gasteiger charge is -2.24. The minimum absolute atomic E-state index is 0.0780. The number of sulfonamides is 2. The highest BCUT2D eigenvalue weighted by atomic mass is 32.2. The molecule has 0 aromatic carbocycles. The third-order valence-corrected chi connectivity index (χ3v) is 7.72. The minimum Gasteiger partial charge on any atom is -0.459 e. The first-order valence-electron chi connectivity index (χ1n) is 13.6. The Morgan fingerprint density at radius 2 is 0.905 bits per heavy atom. The van der Waals surface area contributed by atoms with E-state index in [2.05, 4.69) is 9.44 Å². The number of hydrogen-bond acceptors (Lipinski definition) is 12. The Balaban J connectivity index is 4.40. The molecule has 0 aliphatic carbocycles. The quantitative estimate of drug-likeness (QED) is 0.133. The van der Waals surface area contributed by atoms with Gasteiger partial charge in [0.2, 0.25) is 20.0 Å². The van der Waals surface area contributed by atoms with Gasteiger partial charge in [0.1, 0.15) is 34.9 Å². The first kappa shape index (κ1) is 40.0. The topological polar surface area (TPSA) is 198 Å². The van der Waals surface area contributed by atoms with E-state index in [1.807, 2.05) is 0 Å². The maximum absolute atomic E-state index is 12.4. The minimum atomic E-state index is -3.90. The van der Waals surface area contributed by atoms with Crippen molar-refractivity contribution in [3.8, 4) is 0 Å². The van der Waals surface area contributed by atoms with Crippen LogP contribution in [0.1, 0.15) is 81.1 Å². The van der Waals surface area contributed by atoms with Gasteiger partial charge >= 0.3 is 11.9 Å². The molecule has 0 aromatic rings. The average Bonchev–Trinajstić information content (AvgIpc) is 2.76. The highest BCUT2D eigenvalue weighted by Crippen LogP contribution is 2.12. The summed E-state index contributed by atoms with van der Waals surface area (Å²) in [5, 5.41) is 0. The van der Waals surface area contributed by atoms with E-state index in [0.29, 0.717) is 0 Å². The second-order valence-electron chi connectivity index (χ2n) is 11.8. The summed E-state index contributed by atoms with van der Waals surface area (Å²) < 4.78 is 75.1. The average molecular weight is 645 g/mol. The summed E-state index contributed by atoms with van der Waals surface area (Å²) in [6.07, 6.45) is -0.441. The third-order valence-electron chi connectivity index (χ3n) is 4.78. The van der Waals surface area contributed by atoms with Gasteiger partial charge in [0, 0.05) is 26.1 Å². The number of hydrogen-bond donors (Lipinski definition) is 2. The highest BCUT2D eigenvalue weighted by Gasteiger charge is 2.31. The van der Waals surface area contributed by atoms with Crippen LogP contribution in [-0.4, -0.2) is 102 Å². The summed E-state index contributed by atoms with van der Waals surface area (Å²) in [7, 11) is -7.80. The van der Waals surface area contributed by atoms with Crippen molar-refractivity contribution in [3.05, 3.63) is 0 Å². The fourth-order valence-corrected chi connectivity index (χ4v) is 5.70. The Hall–Kier alpha value is -1.98. The Labute approximate surface area is 250 Å². The molecule has 0 aromatic heterocycles. The van der Waals surface area contributed by atoms with Crippen LogP contribution in [0.2, 0.25) is 0 Å². The predicted octanol–water partition coefficient (Wildman–Crippen LogP) is 1.02. The molecule has 0 rings (SSSR count). The number of carbonyl (C=O) groups is 4. The standard InChI is InChI=1S/C26H48N2O12S2/c1-19(29)17-21(23(31)39-25(3,4)5)27-41(33,34)15-9-11-37-13-14-38-12-10-16-42(35,36)28-22(18-20(2)30)24(32)40-26(6,7)8/h21-22,27-28H,9-18H2,1-8H3/t21-,22-/m0/s1. The number of rotatable bonds is 21. The summed E-state index contributed by atoms with van der Waals surface area (Å²) in [4.78, 5) is 47.6. The largest absolute Gasteiger partial charge is 0.459 e. The van der Waals surface area contributed by atoms with Crippen LogP contribution in [-0.2, 0) is 58.2 Å². The van der Waals surface area contributed by atoms with Crippen LogP contribution >= 0.6 is 0 Å². The zero-order chi connectivity index (χ0) is 32.8. The van der Waals surface area contributed by atoms with Gasteiger partial charge in [0.25, 0.3) is 0 Å². The fraction of sp³-hybridized carbons (Fsp3) is 0.846. The van der Waals surface area contributed by atoms with Crippen molar-refractivity contribution < 1.29 is 55.0 Å². The van der Waals surface area contributed by atoms with Crippen molar-refractivity contribution in [2.75, 3.05) is 37.9 Å². The van der Waals surface area contributed by atoms with Crippen molar-refractivity contribution in [1.82, 2.24) is 9.44 Å². The first-order valence-corrected chi connectivity index (χ1v) is 16.9. The van der Waals surface area contributed by atoms with E-state index in [4.69, 9.17) is 18.9 Å². The number of Topliss-reactive ketones (excluding diaryl/α,β-unsaturated/α-hetero) is 2. The monoisotopic (exact) mass is 644 g/mol. The predicted molar refractivity (Wildman–Crippen MR) is 155 cm³/mol. The van der Waals surface area contributed by atoms with E-state index in [1.54, 1.807) is 41.5 Å². The van der Waals surface area contributed by atoms with Crippen LogP contribution in [0.5, 0.6) is 0 Å². The summed E-state index contributed by atoms with van der Waals surface area (Å²) in [6.45, 7) is 12.7. The molecule has 246 valence electrons. The van der Waals surface area contributed by atoms with Gasteiger partial charge in [0.05, 0.1) is 24.7 Å². The van der Waals surface area contributed by atoms with Gasteiger partial charge in [-0.2, -0.15) is 0 Å². The fourth-order valence-electron chi connectivity index (χ4n) is 3.24. The third kappa shape index (κ3) is 21.7. The van der Waals surface area contributed by atoms with Gasteiger partial charge in [-0.25, -0.2) is 26.3 Å². The van der Waals surface area contributed by atoms with Gasteiger partial charge in [-0.3, -0.25) is 19.2 Å². The van der Waals surface area contributed by atoms with Crippen molar-refractivity contribution in [2.24, 2.45) is 0 Å². The molecule has 0 fully saturated rings. The Morgan fingerprint density at radius 3 is 1.17 bits per heavy atom. The molecule has 0 saturated heterocycles.